The van der Waals surface area contributed by atoms with Crippen LogP contribution in [0.5, 0.6) is 0 Å². The van der Waals surface area contributed by atoms with Gasteiger partial charge in [0.2, 0.25) is 5.91 Å². The quantitative estimate of drug-likeness (QED) is 0.569. The largest absolute Gasteiger partial charge is 0.356 e. The number of aryl methyl sites for hydroxylation is 3. The van der Waals surface area contributed by atoms with E-state index < -0.39 is 0 Å². The minimum atomic E-state index is 0.133. The first-order valence-electron chi connectivity index (χ1n) is 12.3. The number of hydrogen-bond acceptors (Lipinski definition) is 5. The summed E-state index contributed by atoms with van der Waals surface area (Å²) in [4.78, 5) is 24.2. The lowest BCUT2D eigenvalue weighted by Gasteiger charge is -2.23. The van der Waals surface area contributed by atoms with E-state index in [1.54, 1.807) is 0 Å². The predicted octanol–water partition coefficient (Wildman–Crippen LogP) is 3.85. The monoisotopic (exact) mass is 446 g/mol. The van der Waals surface area contributed by atoms with Crippen LogP contribution < -0.4 is 5.32 Å². The molecule has 1 saturated carbocycles. The molecule has 3 aromatic heterocycles. The van der Waals surface area contributed by atoms with Crippen molar-refractivity contribution in [2.75, 3.05) is 13.1 Å². The Labute approximate surface area is 195 Å². The molecule has 1 N–H and O–H groups in total. The fraction of sp³-hybridized carbons (Fsp3) is 0.538. The topological polar surface area (TPSA) is 75.4 Å². The van der Waals surface area contributed by atoms with Gasteiger partial charge in [-0.05, 0) is 82.5 Å². The van der Waals surface area contributed by atoms with Crippen LogP contribution in [0.1, 0.15) is 72.0 Å². The highest BCUT2D eigenvalue weighted by atomic mass is 16.1. The van der Waals surface area contributed by atoms with E-state index in [9.17, 15) is 4.79 Å². The van der Waals surface area contributed by atoms with Gasteiger partial charge < -0.3 is 5.32 Å². The summed E-state index contributed by atoms with van der Waals surface area (Å²) in [6.45, 7) is 9.00. The molecule has 7 nitrogen and oxygen atoms in total. The lowest BCUT2D eigenvalue weighted by Crippen LogP contribution is -2.26. The maximum atomic E-state index is 12.3. The van der Waals surface area contributed by atoms with Crippen LogP contribution in [-0.2, 0) is 17.8 Å². The first kappa shape index (κ1) is 22.0. The number of carbonyl (C=O) groups excluding carboxylic acids is 1. The van der Waals surface area contributed by atoms with E-state index in [1.165, 1.54) is 18.4 Å². The van der Waals surface area contributed by atoms with Crippen molar-refractivity contribution in [3.05, 3.63) is 58.3 Å². The molecule has 1 aliphatic carbocycles. The number of pyridine rings is 1. The highest BCUT2D eigenvalue weighted by Crippen LogP contribution is 2.33. The Bertz CT molecular complexity index is 1170. The predicted molar refractivity (Wildman–Crippen MR) is 128 cm³/mol. The zero-order valence-electron chi connectivity index (χ0n) is 20.0. The SMILES string of the molecule is Cc1cccnc1CN1CCC[C@H]1c1cc2nc(C)c(CCC(=O)NCC3CC3)c(C)n2n1. The Balaban J connectivity index is 1.33. The first-order valence-corrected chi connectivity index (χ1v) is 12.3. The molecule has 174 valence electrons. The molecule has 2 fully saturated rings. The van der Waals surface area contributed by atoms with Gasteiger partial charge in [-0.3, -0.25) is 14.7 Å². The second kappa shape index (κ2) is 9.21. The summed E-state index contributed by atoms with van der Waals surface area (Å²) in [6, 6.07) is 6.54. The van der Waals surface area contributed by atoms with Gasteiger partial charge in [0, 0.05) is 43.2 Å². The van der Waals surface area contributed by atoms with Crippen molar-refractivity contribution in [2.45, 2.75) is 71.9 Å². The van der Waals surface area contributed by atoms with Gasteiger partial charge in [0.15, 0.2) is 5.65 Å². The van der Waals surface area contributed by atoms with E-state index >= 15 is 0 Å². The summed E-state index contributed by atoms with van der Waals surface area (Å²) < 4.78 is 1.97. The van der Waals surface area contributed by atoms with Crippen LogP contribution in [0, 0.1) is 26.7 Å². The number of hydrogen-bond donors (Lipinski definition) is 1. The molecular weight excluding hydrogens is 412 g/mol. The third-order valence-corrected chi connectivity index (χ3v) is 7.25. The van der Waals surface area contributed by atoms with Gasteiger partial charge in [-0.25, -0.2) is 9.50 Å². The summed E-state index contributed by atoms with van der Waals surface area (Å²) in [5, 5.41) is 8.07. The maximum Gasteiger partial charge on any atom is 0.220 e. The molecule has 0 unspecified atom stereocenters. The normalized spacial score (nSPS) is 18.8. The van der Waals surface area contributed by atoms with Crippen LogP contribution in [0.3, 0.4) is 0 Å². The van der Waals surface area contributed by atoms with Crippen molar-refractivity contribution in [2.24, 2.45) is 5.92 Å². The van der Waals surface area contributed by atoms with Gasteiger partial charge in [-0.1, -0.05) is 6.07 Å². The summed E-state index contributed by atoms with van der Waals surface area (Å²) >= 11 is 0. The lowest BCUT2D eigenvalue weighted by atomic mass is 10.1. The number of aromatic nitrogens is 4. The van der Waals surface area contributed by atoms with Crippen LogP contribution in [0.2, 0.25) is 0 Å². The zero-order chi connectivity index (χ0) is 22.9. The average molecular weight is 447 g/mol. The van der Waals surface area contributed by atoms with Crippen molar-refractivity contribution in [3.8, 4) is 0 Å². The molecule has 33 heavy (non-hydrogen) atoms. The molecule has 1 amide bonds. The number of likely N-dealkylation sites (tertiary alicyclic amines) is 1. The second-order valence-corrected chi connectivity index (χ2v) is 9.74. The van der Waals surface area contributed by atoms with Gasteiger partial charge >= 0.3 is 0 Å². The molecule has 0 spiro atoms. The molecule has 0 aromatic carbocycles. The summed E-state index contributed by atoms with van der Waals surface area (Å²) in [6.07, 6.45) is 7.83. The molecule has 1 saturated heterocycles. The van der Waals surface area contributed by atoms with Crippen LogP contribution in [-0.4, -0.2) is 43.5 Å². The van der Waals surface area contributed by atoms with Gasteiger partial charge in [-0.2, -0.15) is 5.10 Å². The molecule has 7 heteroatoms. The van der Waals surface area contributed by atoms with Crippen molar-refractivity contribution in [1.29, 1.82) is 0 Å². The highest BCUT2D eigenvalue weighted by molar-refractivity contribution is 5.76. The number of nitrogens with zero attached hydrogens (tertiary/aromatic N) is 5. The van der Waals surface area contributed by atoms with Crippen LogP contribution in [0.25, 0.3) is 5.65 Å². The summed E-state index contributed by atoms with van der Waals surface area (Å²) in [5.41, 5.74) is 7.56. The molecule has 1 atom stereocenters. The minimum Gasteiger partial charge on any atom is -0.356 e. The van der Waals surface area contributed by atoms with Crippen LogP contribution >= 0.6 is 0 Å². The third-order valence-electron chi connectivity index (χ3n) is 7.25. The zero-order valence-corrected chi connectivity index (χ0v) is 20.0. The molecule has 5 rings (SSSR count). The van der Waals surface area contributed by atoms with Crippen molar-refractivity contribution in [1.82, 2.24) is 29.8 Å². The van der Waals surface area contributed by atoms with Crippen LogP contribution in [0.15, 0.2) is 24.4 Å². The number of nitrogens with one attached hydrogen (secondary N) is 1. The molecular formula is C26H34N6O. The maximum absolute atomic E-state index is 12.3. The Morgan fingerprint density at radius 1 is 1.21 bits per heavy atom. The molecule has 4 heterocycles. The van der Waals surface area contributed by atoms with Crippen molar-refractivity contribution < 1.29 is 4.79 Å². The van der Waals surface area contributed by atoms with Crippen molar-refractivity contribution in [3.63, 3.8) is 0 Å². The average Bonchev–Trinajstić information content (AvgIpc) is 3.35. The lowest BCUT2D eigenvalue weighted by molar-refractivity contribution is -0.121. The van der Waals surface area contributed by atoms with Crippen LogP contribution in [0.4, 0.5) is 0 Å². The molecule has 2 aliphatic rings. The molecule has 0 radical (unpaired) electrons. The van der Waals surface area contributed by atoms with E-state index in [2.05, 4.69) is 41.2 Å². The number of rotatable bonds is 8. The standard InChI is InChI=1S/C26H34N6O/c1-17-6-4-12-27-23(17)16-31-13-5-7-24(31)22-14-25-29-18(2)21(19(3)32(25)30-22)10-11-26(33)28-15-20-8-9-20/h4,6,12,14,20,24H,5,7-11,13,15-16H2,1-3H3,(H,28,33)/t24-/m0/s1. The molecule has 3 aromatic rings. The number of carbonyl (C=O) groups is 1. The molecule has 1 aliphatic heterocycles. The molecule has 0 bridgehead atoms. The van der Waals surface area contributed by atoms with Gasteiger partial charge in [-0.15, -0.1) is 0 Å². The second-order valence-electron chi connectivity index (χ2n) is 9.74. The van der Waals surface area contributed by atoms with Gasteiger partial charge in [0.25, 0.3) is 0 Å². The fourth-order valence-electron chi connectivity index (χ4n) is 5.00. The fourth-order valence-corrected chi connectivity index (χ4v) is 5.00. The summed E-state index contributed by atoms with van der Waals surface area (Å²) in [5.74, 6) is 0.836. The summed E-state index contributed by atoms with van der Waals surface area (Å²) in [7, 11) is 0. The Morgan fingerprint density at radius 2 is 2.06 bits per heavy atom. The van der Waals surface area contributed by atoms with Gasteiger partial charge in [0.05, 0.1) is 17.4 Å². The number of amides is 1. The Kier molecular flexibility index (Phi) is 6.15. The number of fused-ring (bicyclic) bond motifs is 1. The van der Waals surface area contributed by atoms with E-state index in [4.69, 9.17) is 10.1 Å². The van der Waals surface area contributed by atoms with Gasteiger partial charge in [0.1, 0.15) is 0 Å². The van der Waals surface area contributed by atoms with E-state index in [1.807, 2.05) is 23.7 Å². The minimum absolute atomic E-state index is 0.133. The van der Waals surface area contributed by atoms with E-state index in [0.29, 0.717) is 18.8 Å². The third kappa shape index (κ3) is 4.78. The first-order chi connectivity index (χ1) is 16.0. The van der Waals surface area contributed by atoms with E-state index in [-0.39, 0.29) is 11.9 Å². The Morgan fingerprint density at radius 3 is 2.85 bits per heavy atom. The van der Waals surface area contributed by atoms with Crippen molar-refractivity contribution >= 4 is 11.6 Å². The van der Waals surface area contributed by atoms with E-state index in [0.717, 1.165) is 66.5 Å². The smallest absolute Gasteiger partial charge is 0.220 e. The highest BCUT2D eigenvalue weighted by Gasteiger charge is 2.29. The Hall–Kier alpha value is -2.80.